The Balaban J connectivity index is 2.01. The van der Waals surface area contributed by atoms with Gasteiger partial charge in [0.15, 0.2) is 0 Å². The molecule has 21 heavy (non-hydrogen) atoms. The minimum atomic E-state index is 0.730. The molecular formula is C17H25N3O. The summed E-state index contributed by atoms with van der Waals surface area (Å²) < 4.78 is 5.62. The second kappa shape index (κ2) is 7.27. The van der Waals surface area contributed by atoms with Crippen molar-refractivity contribution < 1.29 is 4.42 Å². The first-order valence-corrected chi connectivity index (χ1v) is 7.54. The maximum Gasteiger partial charge on any atom is 0.128 e. The monoisotopic (exact) mass is 287 g/mol. The summed E-state index contributed by atoms with van der Waals surface area (Å²) in [6.07, 6.45) is 1.15. The SMILES string of the molecule is CCCNCc1ccc(N(C)Cc2ccc(C)o2)nc1C. The molecule has 4 nitrogen and oxygen atoms in total. The van der Waals surface area contributed by atoms with E-state index in [1.165, 1.54) is 5.56 Å². The molecule has 2 aromatic heterocycles. The summed E-state index contributed by atoms with van der Waals surface area (Å²) in [7, 11) is 2.04. The third-order valence-electron chi connectivity index (χ3n) is 3.50. The smallest absolute Gasteiger partial charge is 0.128 e. The highest BCUT2D eigenvalue weighted by atomic mass is 16.3. The number of aromatic nitrogens is 1. The lowest BCUT2D eigenvalue weighted by molar-refractivity contribution is 0.481. The summed E-state index contributed by atoms with van der Waals surface area (Å²) in [5, 5.41) is 3.41. The highest BCUT2D eigenvalue weighted by molar-refractivity contribution is 5.41. The molecule has 0 aliphatic carbocycles. The van der Waals surface area contributed by atoms with Crippen molar-refractivity contribution in [1.82, 2.24) is 10.3 Å². The molecule has 0 radical (unpaired) electrons. The van der Waals surface area contributed by atoms with E-state index in [1.54, 1.807) is 0 Å². The second-order valence-electron chi connectivity index (χ2n) is 5.46. The van der Waals surface area contributed by atoms with Crippen LogP contribution in [0.25, 0.3) is 0 Å². The zero-order chi connectivity index (χ0) is 15.2. The van der Waals surface area contributed by atoms with Crippen LogP contribution in [0, 0.1) is 13.8 Å². The van der Waals surface area contributed by atoms with Crippen LogP contribution in [0.2, 0.25) is 0 Å². The standard InChI is InChI=1S/C17H25N3O/c1-5-10-18-11-15-7-9-17(19-14(15)3)20(4)12-16-8-6-13(2)21-16/h6-9,18H,5,10-12H2,1-4H3. The Morgan fingerprint density at radius 1 is 1.19 bits per heavy atom. The van der Waals surface area contributed by atoms with Crippen LogP contribution < -0.4 is 10.2 Å². The molecule has 0 saturated carbocycles. The molecule has 0 atom stereocenters. The maximum absolute atomic E-state index is 5.62. The van der Waals surface area contributed by atoms with Gasteiger partial charge in [0.05, 0.1) is 6.54 Å². The van der Waals surface area contributed by atoms with E-state index in [0.717, 1.165) is 49.1 Å². The summed E-state index contributed by atoms with van der Waals surface area (Å²) in [5.41, 5.74) is 2.34. The molecule has 0 aliphatic heterocycles. The van der Waals surface area contributed by atoms with Crippen LogP contribution in [0.1, 0.15) is 36.1 Å². The average Bonchev–Trinajstić information content (AvgIpc) is 2.86. The number of aryl methyl sites for hydroxylation is 2. The van der Waals surface area contributed by atoms with Gasteiger partial charge in [-0.05, 0) is 50.6 Å². The number of hydrogen-bond donors (Lipinski definition) is 1. The molecule has 0 spiro atoms. The number of nitrogens with zero attached hydrogens (tertiary/aromatic N) is 2. The van der Waals surface area contributed by atoms with E-state index in [9.17, 15) is 0 Å². The van der Waals surface area contributed by atoms with Crippen molar-refractivity contribution in [2.24, 2.45) is 0 Å². The van der Waals surface area contributed by atoms with Gasteiger partial charge in [0.25, 0.3) is 0 Å². The van der Waals surface area contributed by atoms with E-state index >= 15 is 0 Å². The number of pyridine rings is 1. The molecule has 0 aliphatic rings. The quantitative estimate of drug-likeness (QED) is 0.792. The van der Waals surface area contributed by atoms with Crippen LogP contribution in [0.3, 0.4) is 0 Å². The van der Waals surface area contributed by atoms with Crippen LogP contribution >= 0.6 is 0 Å². The Morgan fingerprint density at radius 3 is 2.62 bits per heavy atom. The van der Waals surface area contributed by atoms with Crippen molar-refractivity contribution in [2.45, 2.75) is 40.3 Å². The van der Waals surface area contributed by atoms with Gasteiger partial charge in [0.2, 0.25) is 0 Å². The molecule has 114 valence electrons. The summed E-state index contributed by atoms with van der Waals surface area (Å²) in [6, 6.07) is 8.24. The van der Waals surface area contributed by atoms with E-state index in [1.807, 2.05) is 26.1 Å². The Hall–Kier alpha value is -1.81. The second-order valence-corrected chi connectivity index (χ2v) is 5.46. The average molecular weight is 287 g/mol. The van der Waals surface area contributed by atoms with Gasteiger partial charge in [0, 0.05) is 19.3 Å². The number of furan rings is 1. The van der Waals surface area contributed by atoms with Crippen molar-refractivity contribution in [3.05, 3.63) is 47.0 Å². The molecule has 0 amide bonds. The number of anilines is 1. The van der Waals surface area contributed by atoms with Gasteiger partial charge < -0.3 is 14.6 Å². The lowest BCUT2D eigenvalue weighted by Gasteiger charge is -2.18. The highest BCUT2D eigenvalue weighted by Crippen LogP contribution is 2.17. The summed E-state index contributed by atoms with van der Waals surface area (Å²) >= 11 is 0. The first-order valence-electron chi connectivity index (χ1n) is 7.54. The van der Waals surface area contributed by atoms with E-state index in [0.29, 0.717) is 0 Å². The fraction of sp³-hybridized carbons (Fsp3) is 0.471. The predicted octanol–water partition coefficient (Wildman–Crippen LogP) is 3.43. The first-order chi connectivity index (χ1) is 10.1. The van der Waals surface area contributed by atoms with Gasteiger partial charge in [-0.25, -0.2) is 4.98 Å². The summed E-state index contributed by atoms with van der Waals surface area (Å²) in [6.45, 7) is 8.86. The van der Waals surface area contributed by atoms with Gasteiger partial charge in [-0.3, -0.25) is 0 Å². The lowest BCUT2D eigenvalue weighted by Crippen LogP contribution is -2.19. The van der Waals surface area contributed by atoms with Gasteiger partial charge in [-0.1, -0.05) is 13.0 Å². The summed E-state index contributed by atoms with van der Waals surface area (Å²) in [5.74, 6) is 2.88. The molecule has 0 saturated heterocycles. The van der Waals surface area contributed by atoms with Crippen LogP contribution in [0.4, 0.5) is 5.82 Å². The van der Waals surface area contributed by atoms with E-state index in [2.05, 4.69) is 36.2 Å². The van der Waals surface area contributed by atoms with Crippen molar-refractivity contribution in [3.8, 4) is 0 Å². The lowest BCUT2D eigenvalue weighted by atomic mass is 10.2. The largest absolute Gasteiger partial charge is 0.464 e. The number of hydrogen-bond acceptors (Lipinski definition) is 4. The van der Waals surface area contributed by atoms with Crippen molar-refractivity contribution in [3.63, 3.8) is 0 Å². The summed E-state index contributed by atoms with van der Waals surface area (Å²) in [4.78, 5) is 6.80. The predicted molar refractivity (Wildman–Crippen MR) is 86.5 cm³/mol. The molecule has 4 heteroatoms. The normalized spacial score (nSPS) is 10.9. The van der Waals surface area contributed by atoms with Crippen molar-refractivity contribution in [2.75, 3.05) is 18.5 Å². The van der Waals surface area contributed by atoms with E-state index < -0.39 is 0 Å². The van der Waals surface area contributed by atoms with Crippen molar-refractivity contribution in [1.29, 1.82) is 0 Å². The van der Waals surface area contributed by atoms with Gasteiger partial charge in [0.1, 0.15) is 17.3 Å². The van der Waals surface area contributed by atoms with Crippen LogP contribution in [0.5, 0.6) is 0 Å². The Labute approximate surface area is 127 Å². The maximum atomic E-state index is 5.62. The molecule has 2 rings (SSSR count). The Kier molecular flexibility index (Phi) is 5.39. The fourth-order valence-corrected chi connectivity index (χ4v) is 2.26. The molecule has 2 heterocycles. The van der Waals surface area contributed by atoms with Gasteiger partial charge >= 0.3 is 0 Å². The third kappa shape index (κ3) is 4.33. The molecular weight excluding hydrogens is 262 g/mol. The topological polar surface area (TPSA) is 41.3 Å². The molecule has 1 N–H and O–H groups in total. The zero-order valence-corrected chi connectivity index (χ0v) is 13.4. The minimum absolute atomic E-state index is 0.730. The molecule has 0 unspecified atom stereocenters. The highest BCUT2D eigenvalue weighted by Gasteiger charge is 2.08. The number of nitrogens with one attached hydrogen (secondary N) is 1. The fourth-order valence-electron chi connectivity index (χ4n) is 2.26. The van der Waals surface area contributed by atoms with Crippen LogP contribution in [-0.2, 0) is 13.1 Å². The van der Waals surface area contributed by atoms with E-state index in [-0.39, 0.29) is 0 Å². The molecule has 0 bridgehead atoms. The Morgan fingerprint density at radius 2 is 2.00 bits per heavy atom. The zero-order valence-electron chi connectivity index (χ0n) is 13.4. The molecule has 0 aromatic carbocycles. The van der Waals surface area contributed by atoms with Gasteiger partial charge in [-0.2, -0.15) is 0 Å². The van der Waals surface area contributed by atoms with E-state index in [4.69, 9.17) is 9.40 Å². The number of rotatable bonds is 7. The Bertz CT molecular complexity index is 577. The molecule has 2 aromatic rings. The third-order valence-corrected chi connectivity index (χ3v) is 3.50. The molecule has 0 fully saturated rings. The minimum Gasteiger partial charge on any atom is -0.464 e. The van der Waals surface area contributed by atoms with Gasteiger partial charge in [-0.15, -0.1) is 0 Å². The van der Waals surface area contributed by atoms with Crippen LogP contribution in [0.15, 0.2) is 28.7 Å². The van der Waals surface area contributed by atoms with Crippen LogP contribution in [-0.4, -0.2) is 18.6 Å². The van der Waals surface area contributed by atoms with Crippen molar-refractivity contribution >= 4 is 5.82 Å². The first kappa shape index (κ1) is 15.6.